The number of hydrogen-bond acceptors (Lipinski definition) is 4. The SMILES string of the molecule is O=C([O-])[O-].[Cu+2].[OH-].[Zn+2]. The zero-order valence-corrected chi connectivity index (χ0v) is 7.09. The zero-order chi connectivity index (χ0) is 3.58. The van der Waals surface area contributed by atoms with Crippen molar-refractivity contribution in [1.82, 2.24) is 0 Å². The fraction of sp³-hybridized carbons (Fsp3) is 0. The molecular formula is CHCuO4Zn+. The molecule has 6 heteroatoms. The summed E-state index contributed by atoms with van der Waals surface area (Å²) in [7, 11) is 0. The van der Waals surface area contributed by atoms with Gasteiger partial charge in [0.1, 0.15) is 0 Å². The summed E-state index contributed by atoms with van der Waals surface area (Å²) in [6.45, 7) is 0. The van der Waals surface area contributed by atoms with E-state index in [0.717, 1.165) is 0 Å². The van der Waals surface area contributed by atoms with Crippen LogP contribution < -0.4 is 10.2 Å². The molecule has 0 spiro atoms. The molecule has 7 heavy (non-hydrogen) atoms. The van der Waals surface area contributed by atoms with Crippen molar-refractivity contribution in [3.63, 3.8) is 0 Å². The van der Waals surface area contributed by atoms with Crippen molar-refractivity contribution in [2.45, 2.75) is 0 Å². The maximum Gasteiger partial charge on any atom is 2.00 e. The molecule has 0 aromatic heterocycles. The quantitative estimate of drug-likeness (QED) is 0.405. The Hall–Kier alpha value is 0.373. The molecule has 1 N–H and O–H groups in total. The predicted molar refractivity (Wildman–Crippen MR) is 7.33 cm³/mol. The zero-order valence-electron chi connectivity index (χ0n) is 3.18. The van der Waals surface area contributed by atoms with Crippen LogP contribution in [0.3, 0.4) is 0 Å². The van der Waals surface area contributed by atoms with E-state index in [-0.39, 0.29) is 42.0 Å². The second-order valence-corrected chi connectivity index (χ2v) is 0.250. The third-order valence-corrected chi connectivity index (χ3v) is 0. The van der Waals surface area contributed by atoms with Gasteiger partial charge in [-0.3, -0.25) is 0 Å². The smallest absolute Gasteiger partial charge is 0.870 e. The standard InChI is InChI=1S/CH2O3.Cu.H2O.Zn/c2-1(3)4;;;/h(H2,2,3,4);;1H2;/q;+2;;+2/p-3. The summed E-state index contributed by atoms with van der Waals surface area (Å²) in [6.07, 6.45) is -2.33. The summed E-state index contributed by atoms with van der Waals surface area (Å²) in [5.41, 5.74) is 0. The maximum atomic E-state index is 8.33. The predicted octanol–water partition coefficient (Wildman–Crippen LogP) is -2.63. The Morgan fingerprint density at radius 3 is 1.29 bits per heavy atom. The van der Waals surface area contributed by atoms with Gasteiger partial charge in [0, 0.05) is 0 Å². The van der Waals surface area contributed by atoms with Crippen LogP contribution in [0.25, 0.3) is 0 Å². The Morgan fingerprint density at radius 1 is 1.29 bits per heavy atom. The molecule has 1 radical (unpaired) electrons. The number of carbonyl (C=O) groups excluding carboxylic acids is 1. The van der Waals surface area contributed by atoms with E-state index in [9.17, 15) is 0 Å². The van der Waals surface area contributed by atoms with Crippen LogP contribution in [0.4, 0.5) is 4.79 Å². The van der Waals surface area contributed by atoms with Gasteiger partial charge < -0.3 is 20.5 Å². The molecule has 0 aromatic carbocycles. The van der Waals surface area contributed by atoms with Gasteiger partial charge in [-0.1, -0.05) is 0 Å². The van der Waals surface area contributed by atoms with Crippen molar-refractivity contribution < 1.29 is 57.0 Å². The molecule has 0 fully saturated rings. The van der Waals surface area contributed by atoms with Crippen LogP contribution in [0.1, 0.15) is 0 Å². The topological polar surface area (TPSA) is 93.2 Å². The molecule has 0 aliphatic rings. The summed E-state index contributed by atoms with van der Waals surface area (Å²) >= 11 is 0. The molecule has 0 saturated heterocycles. The van der Waals surface area contributed by atoms with Crippen molar-refractivity contribution >= 4 is 6.16 Å². The van der Waals surface area contributed by atoms with E-state index in [2.05, 4.69) is 0 Å². The number of carboxylic acid groups (broad SMARTS) is 2. The third kappa shape index (κ3) is 877. The molecule has 0 bridgehead atoms. The van der Waals surface area contributed by atoms with Gasteiger partial charge in [-0.15, -0.1) is 0 Å². The molecule has 0 unspecified atom stereocenters. The summed E-state index contributed by atoms with van der Waals surface area (Å²) in [5.74, 6) is 0. The van der Waals surface area contributed by atoms with Gasteiger partial charge in [0.05, 0.1) is 0 Å². The Kier molecular flexibility index (Phi) is 60.8. The van der Waals surface area contributed by atoms with Gasteiger partial charge >= 0.3 is 36.5 Å². The van der Waals surface area contributed by atoms with E-state index in [1.165, 1.54) is 0 Å². The summed E-state index contributed by atoms with van der Waals surface area (Å²) < 4.78 is 0. The molecule has 0 aromatic rings. The first kappa shape index (κ1) is 26.3. The van der Waals surface area contributed by atoms with Crippen molar-refractivity contribution in [3.05, 3.63) is 0 Å². The van der Waals surface area contributed by atoms with Gasteiger partial charge in [-0.05, 0) is 6.16 Å². The molecule has 41 valence electrons. The van der Waals surface area contributed by atoms with Crippen LogP contribution in [0.15, 0.2) is 0 Å². The van der Waals surface area contributed by atoms with E-state index in [1.54, 1.807) is 0 Å². The minimum absolute atomic E-state index is 0. The van der Waals surface area contributed by atoms with Crippen LogP contribution in [-0.2, 0) is 36.5 Å². The Morgan fingerprint density at radius 2 is 1.29 bits per heavy atom. The van der Waals surface area contributed by atoms with Gasteiger partial charge in [0.15, 0.2) is 0 Å². The van der Waals surface area contributed by atoms with Crippen molar-refractivity contribution in [2.24, 2.45) is 0 Å². The van der Waals surface area contributed by atoms with Crippen molar-refractivity contribution in [2.75, 3.05) is 0 Å². The summed E-state index contributed by atoms with van der Waals surface area (Å²) in [6, 6.07) is 0. The second kappa shape index (κ2) is 16.2. The van der Waals surface area contributed by atoms with E-state index >= 15 is 0 Å². The summed E-state index contributed by atoms with van der Waals surface area (Å²) in [4.78, 5) is 8.33. The van der Waals surface area contributed by atoms with Gasteiger partial charge in [0.25, 0.3) is 0 Å². The second-order valence-electron chi connectivity index (χ2n) is 0.250. The van der Waals surface area contributed by atoms with E-state index in [1.807, 2.05) is 0 Å². The van der Waals surface area contributed by atoms with Crippen LogP contribution in [0.5, 0.6) is 0 Å². The number of hydrogen-bond donors (Lipinski definition) is 0. The molecule has 0 atom stereocenters. The van der Waals surface area contributed by atoms with Crippen LogP contribution in [0.2, 0.25) is 0 Å². The monoisotopic (exact) mass is 204 g/mol. The third-order valence-electron chi connectivity index (χ3n) is 0. The van der Waals surface area contributed by atoms with Crippen molar-refractivity contribution in [3.8, 4) is 0 Å². The van der Waals surface area contributed by atoms with Gasteiger partial charge in [0.2, 0.25) is 0 Å². The minimum atomic E-state index is -2.33. The molecule has 0 aliphatic carbocycles. The Balaban J connectivity index is -0.0000000150. The van der Waals surface area contributed by atoms with E-state index in [4.69, 9.17) is 15.0 Å². The first-order chi connectivity index (χ1) is 1.73. The molecular weight excluding hydrogens is 205 g/mol. The Labute approximate surface area is 63.4 Å². The largest absolute Gasteiger partial charge is 2.00 e. The molecule has 0 heterocycles. The molecule has 4 nitrogen and oxygen atoms in total. The molecule has 0 aliphatic heterocycles. The van der Waals surface area contributed by atoms with E-state index < -0.39 is 6.16 Å². The maximum absolute atomic E-state index is 8.33. The molecule has 0 amide bonds. The summed E-state index contributed by atoms with van der Waals surface area (Å²) in [5, 5.41) is 16.7. The molecule has 0 rings (SSSR count). The minimum Gasteiger partial charge on any atom is -0.870 e. The van der Waals surface area contributed by atoms with E-state index in [0.29, 0.717) is 0 Å². The normalized spacial score (nSPS) is 3.43. The molecule has 0 saturated carbocycles. The van der Waals surface area contributed by atoms with Crippen molar-refractivity contribution in [1.29, 1.82) is 0 Å². The van der Waals surface area contributed by atoms with Gasteiger partial charge in [-0.2, -0.15) is 0 Å². The first-order valence-corrected chi connectivity index (χ1v) is 0.612. The van der Waals surface area contributed by atoms with Gasteiger partial charge in [-0.25, -0.2) is 0 Å². The first-order valence-electron chi connectivity index (χ1n) is 0.612. The number of carbonyl (C=O) groups is 1. The number of rotatable bonds is 0. The average Bonchev–Trinajstić information content (AvgIpc) is 0.811. The fourth-order valence-electron chi connectivity index (χ4n) is 0. The Bertz CT molecular complexity index is 34.7. The fourth-order valence-corrected chi connectivity index (χ4v) is 0. The van der Waals surface area contributed by atoms with Crippen LogP contribution in [0, 0.1) is 0 Å². The van der Waals surface area contributed by atoms with Crippen LogP contribution in [-0.4, -0.2) is 11.6 Å². The van der Waals surface area contributed by atoms with Crippen LogP contribution >= 0.6 is 0 Å². The average molecular weight is 206 g/mol.